The van der Waals surface area contributed by atoms with Crippen molar-refractivity contribution in [1.82, 2.24) is 0 Å². The Morgan fingerprint density at radius 3 is 1.57 bits per heavy atom. The van der Waals surface area contributed by atoms with E-state index in [1.807, 2.05) is 0 Å². The monoisotopic (exact) mass is 408 g/mol. The third-order valence-corrected chi connectivity index (χ3v) is 5.89. The quantitative estimate of drug-likeness (QED) is 0.380. The summed E-state index contributed by atoms with van der Waals surface area (Å²) in [5, 5.41) is 9.50. The van der Waals surface area contributed by atoms with Crippen LogP contribution in [0.1, 0.15) is 37.4 Å². The fourth-order valence-corrected chi connectivity index (χ4v) is 3.79. The summed E-state index contributed by atoms with van der Waals surface area (Å²) in [6.07, 6.45) is 0. The van der Waals surface area contributed by atoms with Crippen molar-refractivity contribution in [2.45, 2.75) is 6.92 Å². The number of phenols is 1. The van der Waals surface area contributed by atoms with Crippen LogP contribution in [-0.4, -0.2) is 16.7 Å². The third-order valence-electron chi connectivity index (χ3n) is 3.60. The van der Waals surface area contributed by atoms with Gasteiger partial charge in [-0.2, -0.15) is 0 Å². The lowest BCUT2D eigenvalue weighted by Gasteiger charge is -2.23. The maximum atomic E-state index is 12.8. The second-order valence-corrected chi connectivity index (χ2v) is 6.83. The van der Waals surface area contributed by atoms with Crippen molar-refractivity contribution in [3.8, 4) is 5.75 Å². The highest BCUT2D eigenvalue weighted by Crippen LogP contribution is 2.47. The van der Waals surface area contributed by atoms with Gasteiger partial charge in [0.05, 0.1) is 47.4 Å². The second-order valence-electron chi connectivity index (χ2n) is 4.94. The van der Waals surface area contributed by atoms with Crippen LogP contribution in [0, 0.1) is 6.92 Å². The van der Waals surface area contributed by atoms with Gasteiger partial charge >= 0.3 is 0 Å². The third kappa shape index (κ3) is 2.19. The van der Waals surface area contributed by atoms with Crippen molar-refractivity contribution >= 4 is 69.6 Å². The molecule has 8 heteroatoms. The Morgan fingerprint density at radius 1 is 0.696 bits per heavy atom. The summed E-state index contributed by atoms with van der Waals surface area (Å²) in [6, 6.07) is 1.30. The van der Waals surface area contributed by atoms with Gasteiger partial charge in [0.2, 0.25) is 0 Å². The molecular formula is C15H5Cl5O3. The molecule has 3 rings (SSSR count). The number of benzene rings is 2. The van der Waals surface area contributed by atoms with E-state index in [0.29, 0.717) is 5.56 Å². The van der Waals surface area contributed by atoms with Crippen LogP contribution in [0.5, 0.6) is 5.75 Å². The standard InChI is InChI=1S/C15H5Cl5O3/c1-3-2-4(21)5-6(9(3)16)15(23)8-7(14(5)22)10(17)12(19)13(20)11(8)18/h2,21H,1H3. The van der Waals surface area contributed by atoms with Crippen LogP contribution >= 0.6 is 58.0 Å². The van der Waals surface area contributed by atoms with Gasteiger partial charge < -0.3 is 5.11 Å². The summed E-state index contributed by atoms with van der Waals surface area (Å²) in [7, 11) is 0. The summed E-state index contributed by atoms with van der Waals surface area (Å²) >= 11 is 30.2. The Hall–Kier alpha value is -0.970. The number of hydrogen-bond acceptors (Lipinski definition) is 3. The van der Waals surface area contributed by atoms with E-state index in [9.17, 15) is 14.7 Å². The Bertz CT molecular complexity index is 934. The van der Waals surface area contributed by atoms with E-state index in [0.717, 1.165) is 0 Å². The summed E-state index contributed by atoms with van der Waals surface area (Å²) in [5.41, 5.74) is -0.281. The molecule has 2 aromatic carbocycles. The SMILES string of the molecule is Cc1cc(O)c2c(c1Cl)C(=O)c1c(Cl)c(Cl)c(Cl)c(Cl)c1C2=O. The molecule has 0 spiro atoms. The molecule has 1 aliphatic carbocycles. The number of aromatic hydroxyl groups is 1. The highest BCUT2D eigenvalue weighted by Gasteiger charge is 2.39. The number of hydrogen-bond donors (Lipinski definition) is 1. The van der Waals surface area contributed by atoms with Gasteiger partial charge in [-0.15, -0.1) is 0 Å². The molecule has 0 unspecified atom stereocenters. The minimum Gasteiger partial charge on any atom is -0.507 e. The molecule has 0 radical (unpaired) electrons. The smallest absolute Gasteiger partial charge is 0.199 e. The van der Waals surface area contributed by atoms with Crippen LogP contribution in [0.15, 0.2) is 6.07 Å². The van der Waals surface area contributed by atoms with Crippen molar-refractivity contribution in [2.24, 2.45) is 0 Å². The van der Waals surface area contributed by atoms with E-state index in [-0.39, 0.29) is 53.1 Å². The van der Waals surface area contributed by atoms with Gasteiger partial charge in [0.1, 0.15) is 5.75 Å². The molecule has 0 saturated carbocycles. The predicted molar refractivity (Wildman–Crippen MR) is 91.2 cm³/mol. The number of fused-ring (bicyclic) bond motifs is 2. The molecular weight excluding hydrogens is 405 g/mol. The van der Waals surface area contributed by atoms with Crippen LogP contribution in [0.25, 0.3) is 0 Å². The molecule has 2 aromatic rings. The molecule has 0 aromatic heterocycles. The zero-order valence-electron chi connectivity index (χ0n) is 11.2. The Kier molecular flexibility index (Phi) is 4.06. The molecule has 23 heavy (non-hydrogen) atoms. The molecule has 0 atom stereocenters. The molecule has 0 fully saturated rings. The van der Waals surface area contributed by atoms with E-state index in [4.69, 9.17) is 58.0 Å². The number of ketones is 2. The Labute approximate surface area is 155 Å². The maximum absolute atomic E-state index is 12.8. The zero-order valence-corrected chi connectivity index (χ0v) is 15.0. The summed E-state index contributed by atoms with van der Waals surface area (Å²) in [5.74, 6) is -1.72. The summed E-state index contributed by atoms with van der Waals surface area (Å²) in [6.45, 7) is 1.60. The first-order valence-electron chi connectivity index (χ1n) is 6.15. The Morgan fingerprint density at radius 2 is 1.09 bits per heavy atom. The van der Waals surface area contributed by atoms with E-state index in [2.05, 4.69) is 0 Å². The number of phenolic OH excluding ortho intramolecular Hbond substituents is 1. The Balaban J connectivity index is 2.51. The number of carbonyl (C=O) groups excluding carboxylic acids is 2. The van der Waals surface area contributed by atoms with Crippen LogP contribution in [-0.2, 0) is 0 Å². The lowest BCUT2D eigenvalue weighted by atomic mass is 9.82. The fourth-order valence-electron chi connectivity index (χ4n) is 2.53. The van der Waals surface area contributed by atoms with Crippen molar-refractivity contribution in [3.63, 3.8) is 0 Å². The van der Waals surface area contributed by atoms with E-state index >= 15 is 0 Å². The molecule has 0 amide bonds. The molecule has 0 bridgehead atoms. The molecule has 0 aliphatic heterocycles. The lowest BCUT2D eigenvalue weighted by Crippen LogP contribution is -2.23. The highest BCUT2D eigenvalue weighted by molar-refractivity contribution is 6.56. The fraction of sp³-hybridized carbons (Fsp3) is 0.0667. The predicted octanol–water partition coefficient (Wildman–Crippen LogP) is 5.74. The van der Waals surface area contributed by atoms with Gasteiger partial charge in [0.15, 0.2) is 11.6 Å². The van der Waals surface area contributed by atoms with Crippen LogP contribution in [0.3, 0.4) is 0 Å². The van der Waals surface area contributed by atoms with Gasteiger partial charge in [-0.3, -0.25) is 9.59 Å². The topological polar surface area (TPSA) is 54.4 Å². The largest absolute Gasteiger partial charge is 0.507 e. The molecule has 1 aliphatic rings. The highest BCUT2D eigenvalue weighted by atomic mass is 35.5. The van der Waals surface area contributed by atoms with E-state index in [1.165, 1.54) is 6.07 Å². The van der Waals surface area contributed by atoms with Gasteiger partial charge in [-0.25, -0.2) is 0 Å². The number of aryl methyl sites for hydroxylation is 1. The van der Waals surface area contributed by atoms with Crippen LogP contribution in [0.4, 0.5) is 0 Å². The summed E-state index contributed by atoms with van der Waals surface area (Å²) < 4.78 is 0. The molecule has 118 valence electrons. The average Bonchev–Trinajstić information content (AvgIpc) is 2.49. The van der Waals surface area contributed by atoms with Gasteiger partial charge in [0, 0.05) is 0 Å². The first kappa shape index (κ1) is 16.9. The number of halogens is 5. The van der Waals surface area contributed by atoms with Gasteiger partial charge in [-0.05, 0) is 18.6 Å². The normalized spacial score (nSPS) is 13.1. The van der Waals surface area contributed by atoms with Crippen molar-refractivity contribution < 1.29 is 14.7 Å². The maximum Gasteiger partial charge on any atom is 0.199 e. The second kappa shape index (κ2) is 5.54. The van der Waals surface area contributed by atoms with E-state index in [1.54, 1.807) is 6.92 Å². The lowest BCUT2D eigenvalue weighted by molar-refractivity contribution is 0.0977. The van der Waals surface area contributed by atoms with Crippen molar-refractivity contribution in [3.05, 3.63) is 59.0 Å². The number of carbonyl (C=O) groups is 2. The van der Waals surface area contributed by atoms with E-state index < -0.39 is 11.6 Å². The van der Waals surface area contributed by atoms with Gasteiger partial charge in [-0.1, -0.05) is 58.0 Å². The van der Waals surface area contributed by atoms with Crippen LogP contribution < -0.4 is 0 Å². The van der Waals surface area contributed by atoms with Gasteiger partial charge in [0.25, 0.3) is 0 Å². The van der Waals surface area contributed by atoms with Crippen molar-refractivity contribution in [1.29, 1.82) is 0 Å². The molecule has 3 nitrogen and oxygen atoms in total. The molecule has 0 saturated heterocycles. The minimum atomic E-state index is -0.695. The van der Waals surface area contributed by atoms with Crippen LogP contribution in [0.2, 0.25) is 25.1 Å². The minimum absolute atomic E-state index is 0.0556. The average molecular weight is 410 g/mol. The number of rotatable bonds is 0. The van der Waals surface area contributed by atoms with Crippen molar-refractivity contribution in [2.75, 3.05) is 0 Å². The molecule has 0 heterocycles. The first-order valence-corrected chi connectivity index (χ1v) is 8.04. The molecule has 1 N–H and O–H groups in total. The first-order chi connectivity index (χ1) is 10.7. The summed E-state index contributed by atoms with van der Waals surface area (Å²) in [4.78, 5) is 25.6. The zero-order chi connectivity index (χ0) is 17.2.